The first-order valence-electron chi connectivity index (χ1n) is 8.14. The van der Waals surface area contributed by atoms with E-state index >= 15 is 0 Å². The molecule has 2 unspecified atom stereocenters. The van der Waals surface area contributed by atoms with Crippen LogP contribution in [0, 0.1) is 5.92 Å². The fourth-order valence-electron chi connectivity index (χ4n) is 3.09. The lowest BCUT2D eigenvalue weighted by Crippen LogP contribution is -2.27. The van der Waals surface area contributed by atoms with E-state index in [0.717, 1.165) is 23.9 Å². The Morgan fingerprint density at radius 2 is 2.15 bits per heavy atom. The first kappa shape index (κ1) is 14.1. The van der Waals surface area contributed by atoms with E-state index in [4.69, 9.17) is 9.26 Å². The minimum absolute atomic E-state index is 0.409. The van der Waals surface area contributed by atoms with E-state index in [0.29, 0.717) is 18.8 Å². The van der Waals surface area contributed by atoms with Crippen LogP contribution in [0.25, 0.3) is 0 Å². The summed E-state index contributed by atoms with van der Waals surface area (Å²) in [5.41, 5.74) is 0.992. The first-order chi connectivity index (χ1) is 9.85. The van der Waals surface area contributed by atoms with Crippen LogP contribution in [0.15, 0.2) is 10.6 Å². The van der Waals surface area contributed by atoms with Gasteiger partial charge in [0.15, 0.2) is 5.76 Å². The van der Waals surface area contributed by atoms with Crippen molar-refractivity contribution in [2.45, 2.75) is 77.2 Å². The van der Waals surface area contributed by atoms with E-state index in [-0.39, 0.29) is 0 Å². The monoisotopic (exact) mass is 278 g/mol. The molecule has 0 saturated heterocycles. The summed E-state index contributed by atoms with van der Waals surface area (Å²) >= 11 is 0. The van der Waals surface area contributed by atoms with Crippen LogP contribution >= 0.6 is 0 Å². The lowest BCUT2D eigenvalue weighted by atomic mass is 9.85. The minimum atomic E-state index is 0.409. The fourth-order valence-corrected chi connectivity index (χ4v) is 3.09. The van der Waals surface area contributed by atoms with E-state index < -0.39 is 0 Å². The summed E-state index contributed by atoms with van der Waals surface area (Å²) in [4.78, 5) is 0. The molecule has 0 aromatic carbocycles. The Morgan fingerprint density at radius 3 is 2.95 bits per heavy atom. The molecule has 2 fully saturated rings. The van der Waals surface area contributed by atoms with Gasteiger partial charge in [0, 0.05) is 18.7 Å². The van der Waals surface area contributed by atoms with Crippen molar-refractivity contribution in [1.82, 2.24) is 10.5 Å². The number of nitrogens with one attached hydrogen (secondary N) is 1. The number of hydrogen-bond acceptors (Lipinski definition) is 4. The molecule has 1 N–H and O–H groups in total. The van der Waals surface area contributed by atoms with Gasteiger partial charge in [0.1, 0.15) is 6.61 Å². The van der Waals surface area contributed by atoms with Crippen LogP contribution < -0.4 is 5.32 Å². The summed E-state index contributed by atoms with van der Waals surface area (Å²) in [6.45, 7) is 3.65. The number of hydrogen-bond donors (Lipinski definition) is 1. The Morgan fingerprint density at radius 1 is 1.30 bits per heavy atom. The quantitative estimate of drug-likeness (QED) is 0.830. The van der Waals surface area contributed by atoms with Gasteiger partial charge in [-0.15, -0.1) is 0 Å². The van der Waals surface area contributed by atoms with Gasteiger partial charge in [-0.05, 0) is 31.6 Å². The highest BCUT2D eigenvalue weighted by atomic mass is 16.5. The maximum Gasteiger partial charge on any atom is 0.162 e. The third-order valence-electron chi connectivity index (χ3n) is 4.56. The lowest BCUT2D eigenvalue weighted by Gasteiger charge is -2.30. The highest BCUT2D eigenvalue weighted by molar-refractivity contribution is 5.05. The summed E-state index contributed by atoms with van der Waals surface area (Å²) in [5.74, 6) is 1.58. The third kappa shape index (κ3) is 3.83. The van der Waals surface area contributed by atoms with Crippen molar-refractivity contribution < 1.29 is 9.26 Å². The van der Waals surface area contributed by atoms with Gasteiger partial charge in [-0.25, -0.2) is 0 Å². The van der Waals surface area contributed by atoms with E-state index in [2.05, 4.69) is 17.4 Å². The standard InChI is InChI=1S/C16H26N2O2/c1-2-12-5-3-4-6-16(12)19-11-15-9-14(18-20-15)10-17-13-7-8-13/h9,12-13,16-17H,2-8,10-11H2,1H3. The van der Waals surface area contributed by atoms with Crippen molar-refractivity contribution in [3.63, 3.8) is 0 Å². The predicted molar refractivity (Wildman–Crippen MR) is 77.2 cm³/mol. The normalized spacial score (nSPS) is 26.9. The molecule has 0 amide bonds. The van der Waals surface area contributed by atoms with Crippen LogP contribution in [0.1, 0.15) is 63.3 Å². The predicted octanol–water partition coefficient (Wildman–Crippen LogP) is 3.41. The van der Waals surface area contributed by atoms with Gasteiger partial charge in [0.25, 0.3) is 0 Å². The molecule has 3 rings (SSSR count). The second kappa shape index (κ2) is 6.72. The molecule has 0 radical (unpaired) electrons. The first-order valence-corrected chi connectivity index (χ1v) is 8.14. The van der Waals surface area contributed by atoms with Gasteiger partial charge in [0.2, 0.25) is 0 Å². The summed E-state index contributed by atoms with van der Waals surface area (Å²) in [6, 6.07) is 2.73. The average molecular weight is 278 g/mol. The highest BCUT2D eigenvalue weighted by Gasteiger charge is 2.25. The SMILES string of the molecule is CCC1CCCCC1OCc1cc(CNC2CC2)no1. The van der Waals surface area contributed by atoms with Crippen LogP contribution in [0.4, 0.5) is 0 Å². The smallest absolute Gasteiger partial charge is 0.162 e. The number of rotatable bonds is 7. The van der Waals surface area contributed by atoms with Crippen molar-refractivity contribution in [2.75, 3.05) is 0 Å². The number of ether oxygens (including phenoxy) is 1. The van der Waals surface area contributed by atoms with Crippen molar-refractivity contribution in [3.05, 3.63) is 17.5 Å². The van der Waals surface area contributed by atoms with E-state index in [1.165, 1.54) is 44.9 Å². The molecule has 1 aromatic rings. The minimum Gasteiger partial charge on any atom is -0.370 e. The molecule has 4 nitrogen and oxygen atoms in total. The highest BCUT2D eigenvalue weighted by Crippen LogP contribution is 2.29. The Bertz CT molecular complexity index is 414. The largest absolute Gasteiger partial charge is 0.370 e. The Kier molecular flexibility index (Phi) is 4.73. The molecule has 2 saturated carbocycles. The molecule has 0 spiro atoms. The van der Waals surface area contributed by atoms with Gasteiger partial charge in [-0.1, -0.05) is 31.3 Å². The van der Waals surface area contributed by atoms with Gasteiger partial charge < -0.3 is 14.6 Å². The molecular formula is C16H26N2O2. The van der Waals surface area contributed by atoms with Crippen molar-refractivity contribution in [1.29, 1.82) is 0 Å². The molecule has 1 aromatic heterocycles. The molecule has 1 heterocycles. The van der Waals surface area contributed by atoms with E-state index in [9.17, 15) is 0 Å². The molecule has 112 valence electrons. The lowest BCUT2D eigenvalue weighted by molar-refractivity contribution is -0.0298. The Balaban J connectivity index is 1.44. The second-order valence-corrected chi connectivity index (χ2v) is 6.24. The fraction of sp³-hybridized carbons (Fsp3) is 0.812. The van der Waals surface area contributed by atoms with Crippen molar-refractivity contribution in [3.8, 4) is 0 Å². The molecule has 20 heavy (non-hydrogen) atoms. The molecule has 4 heteroatoms. The molecule has 2 aliphatic carbocycles. The third-order valence-corrected chi connectivity index (χ3v) is 4.56. The number of nitrogens with zero attached hydrogens (tertiary/aromatic N) is 1. The van der Waals surface area contributed by atoms with Crippen molar-refractivity contribution in [2.24, 2.45) is 5.92 Å². The summed E-state index contributed by atoms with van der Waals surface area (Å²) in [5, 5.41) is 7.55. The van der Waals surface area contributed by atoms with E-state index in [1.54, 1.807) is 0 Å². The summed E-state index contributed by atoms with van der Waals surface area (Å²) in [7, 11) is 0. The molecule has 0 aliphatic heterocycles. The van der Waals surface area contributed by atoms with Crippen LogP contribution in [0.3, 0.4) is 0 Å². The second-order valence-electron chi connectivity index (χ2n) is 6.24. The molecule has 2 atom stereocenters. The summed E-state index contributed by atoms with van der Waals surface area (Å²) in [6.07, 6.45) is 9.40. The molecular weight excluding hydrogens is 252 g/mol. The van der Waals surface area contributed by atoms with Crippen LogP contribution in [-0.4, -0.2) is 17.3 Å². The maximum atomic E-state index is 6.07. The average Bonchev–Trinajstić information content (AvgIpc) is 3.21. The molecule has 2 aliphatic rings. The zero-order valence-corrected chi connectivity index (χ0v) is 12.4. The van der Waals surface area contributed by atoms with Gasteiger partial charge in [0.05, 0.1) is 11.8 Å². The Hall–Kier alpha value is -0.870. The van der Waals surface area contributed by atoms with Gasteiger partial charge in [-0.3, -0.25) is 0 Å². The topological polar surface area (TPSA) is 47.3 Å². The van der Waals surface area contributed by atoms with Crippen LogP contribution in [0.2, 0.25) is 0 Å². The van der Waals surface area contributed by atoms with Gasteiger partial charge >= 0.3 is 0 Å². The van der Waals surface area contributed by atoms with Crippen LogP contribution in [-0.2, 0) is 17.9 Å². The van der Waals surface area contributed by atoms with Gasteiger partial charge in [-0.2, -0.15) is 0 Å². The van der Waals surface area contributed by atoms with Crippen LogP contribution in [0.5, 0.6) is 0 Å². The maximum absolute atomic E-state index is 6.07. The molecule has 0 bridgehead atoms. The zero-order valence-electron chi connectivity index (χ0n) is 12.4. The van der Waals surface area contributed by atoms with Crippen molar-refractivity contribution >= 4 is 0 Å². The number of aromatic nitrogens is 1. The zero-order chi connectivity index (χ0) is 13.8. The van der Waals surface area contributed by atoms with E-state index in [1.807, 2.05) is 6.07 Å². The summed E-state index contributed by atoms with van der Waals surface area (Å²) < 4.78 is 11.4. The Labute approximate surface area is 121 Å².